The molecule has 1 N–H and O–H groups in total. The molecule has 0 fully saturated rings. The maximum absolute atomic E-state index is 12.4. The summed E-state index contributed by atoms with van der Waals surface area (Å²) in [6, 6.07) is 5.98. The Bertz CT molecular complexity index is 512. The van der Waals surface area contributed by atoms with Crippen LogP contribution >= 0.6 is 0 Å². The predicted molar refractivity (Wildman–Crippen MR) is 75.6 cm³/mol. The van der Waals surface area contributed by atoms with Crippen LogP contribution in [0, 0.1) is 5.92 Å². The van der Waals surface area contributed by atoms with E-state index >= 15 is 0 Å². The highest BCUT2D eigenvalue weighted by Crippen LogP contribution is 2.19. The third-order valence-corrected chi connectivity index (χ3v) is 4.53. The van der Waals surface area contributed by atoms with Crippen LogP contribution in [0.2, 0.25) is 0 Å². The van der Waals surface area contributed by atoms with Crippen LogP contribution in [0.3, 0.4) is 0 Å². The third-order valence-electron chi connectivity index (χ3n) is 3.13. The standard InChI is InChI=1S/C14H21F2NO2S/c1-10(2)8-12(17-3)9-11-4-6-13(7-5-11)20(18,19)14(15)16/h4-7,10,12,14,17H,8-9H2,1-3H3. The lowest BCUT2D eigenvalue weighted by Gasteiger charge is -2.18. The van der Waals surface area contributed by atoms with Crippen LogP contribution in [0.15, 0.2) is 29.2 Å². The second kappa shape index (κ2) is 7.13. The lowest BCUT2D eigenvalue weighted by atomic mass is 9.97. The molecule has 6 heteroatoms. The van der Waals surface area contributed by atoms with Crippen molar-refractivity contribution in [2.45, 2.75) is 43.4 Å². The van der Waals surface area contributed by atoms with Gasteiger partial charge in [0.2, 0.25) is 9.84 Å². The van der Waals surface area contributed by atoms with Crippen molar-refractivity contribution < 1.29 is 17.2 Å². The molecule has 0 aliphatic carbocycles. The molecule has 3 nitrogen and oxygen atoms in total. The highest BCUT2D eigenvalue weighted by molar-refractivity contribution is 7.91. The molecular formula is C14H21F2NO2S. The molecule has 0 aliphatic heterocycles. The first-order valence-corrected chi connectivity index (χ1v) is 8.10. The van der Waals surface area contributed by atoms with Crippen LogP contribution < -0.4 is 5.32 Å². The summed E-state index contributed by atoms with van der Waals surface area (Å²) in [5, 5.41) is 3.21. The summed E-state index contributed by atoms with van der Waals surface area (Å²) in [5.41, 5.74) is 0.929. The summed E-state index contributed by atoms with van der Waals surface area (Å²) in [6.45, 7) is 4.26. The molecule has 0 radical (unpaired) electrons. The van der Waals surface area contributed by atoms with Crippen molar-refractivity contribution in [2.75, 3.05) is 7.05 Å². The van der Waals surface area contributed by atoms with E-state index in [2.05, 4.69) is 19.2 Å². The lowest BCUT2D eigenvalue weighted by molar-refractivity contribution is 0.234. The second-order valence-corrected chi connectivity index (χ2v) is 7.19. The average Bonchev–Trinajstić information content (AvgIpc) is 2.37. The quantitative estimate of drug-likeness (QED) is 0.842. The number of sulfone groups is 1. The van der Waals surface area contributed by atoms with Crippen LogP contribution in [-0.2, 0) is 16.3 Å². The third kappa shape index (κ3) is 4.52. The van der Waals surface area contributed by atoms with Gasteiger partial charge in [-0.05, 0) is 43.5 Å². The van der Waals surface area contributed by atoms with Crippen LogP contribution in [-0.4, -0.2) is 27.3 Å². The first kappa shape index (κ1) is 17.0. The summed E-state index contributed by atoms with van der Waals surface area (Å²) in [6.07, 6.45) is 1.73. The van der Waals surface area contributed by atoms with Crippen LogP contribution in [0.4, 0.5) is 8.78 Å². The molecule has 1 rings (SSSR count). The van der Waals surface area contributed by atoms with Crippen molar-refractivity contribution in [1.82, 2.24) is 5.32 Å². The van der Waals surface area contributed by atoms with Crippen molar-refractivity contribution in [1.29, 1.82) is 0 Å². The SMILES string of the molecule is CNC(Cc1ccc(S(=O)(=O)C(F)F)cc1)CC(C)C. The van der Waals surface area contributed by atoms with Gasteiger partial charge >= 0.3 is 5.76 Å². The first-order chi connectivity index (χ1) is 9.27. The molecule has 114 valence electrons. The Morgan fingerprint density at radius 2 is 1.70 bits per heavy atom. The Morgan fingerprint density at radius 1 is 1.15 bits per heavy atom. The molecule has 1 atom stereocenters. The minimum absolute atomic E-state index is 0.285. The molecule has 0 aromatic heterocycles. The normalized spacial score (nSPS) is 13.9. The van der Waals surface area contributed by atoms with E-state index in [9.17, 15) is 17.2 Å². The highest BCUT2D eigenvalue weighted by atomic mass is 32.2. The Balaban J connectivity index is 2.81. The number of hydrogen-bond acceptors (Lipinski definition) is 3. The Morgan fingerprint density at radius 3 is 2.10 bits per heavy atom. The van der Waals surface area contributed by atoms with E-state index < -0.39 is 15.6 Å². The molecule has 0 saturated carbocycles. The highest BCUT2D eigenvalue weighted by Gasteiger charge is 2.26. The zero-order valence-corrected chi connectivity index (χ0v) is 12.8. The number of likely N-dealkylation sites (N-methyl/N-ethyl adjacent to an activating group) is 1. The molecule has 1 unspecified atom stereocenters. The Hall–Kier alpha value is -1.01. The van der Waals surface area contributed by atoms with Gasteiger partial charge in [0.1, 0.15) is 0 Å². The van der Waals surface area contributed by atoms with Crippen LogP contribution in [0.1, 0.15) is 25.8 Å². The number of rotatable bonds is 7. The number of alkyl halides is 2. The zero-order valence-electron chi connectivity index (χ0n) is 11.9. The fraction of sp³-hybridized carbons (Fsp3) is 0.571. The zero-order chi connectivity index (χ0) is 15.3. The lowest BCUT2D eigenvalue weighted by Crippen LogP contribution is -2.29. The van der Waals surface area contributed by atoms with Gasteiger partial charge in [-0.3, -0.25) is 0 Å². The van der Waals surface area contributed by atoms with Gasteiger partial charge in [0.25, 0.3) is 0 Å². The monoisotopic (exact) mass is 305 g/mol. The molecule has 0 heterocycles. The van der Waals surface area contributed by atoms with E-state index in [0.717, 1.165) is 18.4 Å². The first-order valence-electron chi connectivity index (χ1n) is 6.55. The van der Waals surface area contributed by atoms with E-state index in [-0.39, 0.29) is 10.9 Å². The minimum Gasteiger partial charge on any atom is -0.317 e. The molecule has 1 aromatic carbocycles. The molecule has 1 aromatic rings. The summed E-state index contributed by atoms with van der Waals surface area (Å²) in [5.74, 6) is -2.83. The van der Waals surface area contributed by atoms with Crippen molar-refractivity contribution in [2.24, 2.45) is 5.92 Å². The molecule has 0 spiro atoms. The van der Waals surface area contributed by atoms with E-state index in [0.29, 0.717) is 5.92 Å². The topological polar surface area (TPSA) is 46.2 Å². The second-order valence-electron chi connectivity index (χ2n) is 5.27. The van der Waals surface area contributed by atoms with Crippen LogP contribution in [0.25, 0.3) is 0 Å². The summed E-state index contributed by atoms with van der Waals surface area (Å²) < 4.78 is 47.4. The Labute approximate surface area is 119 Å². The van der Waals surface area contributed by atoms with E-state index in [1.807, 2.05) is 7.05 Å². The number of nitrogens with one attached hydrogen (secondary N) is 1. The van der Waals surface area contributed by atoms with E-state index in [4.69, 9.17) is 0 Å². The van der Waals surface area contributed by atoms with Gasteiger partial charge in [0.15, 0.2) is 0 Å². The summed E-state index contributed by atoms with van der Waals surface area (Å²) in [4.78, 5) is -0.332. The molecular weight excluding hydrogens is 284 g/mol. The van der Waals surface area contributed by atoms with Crippen molar-refractivity contribution in [3.05, 3.63) is 29.8 Å². The van der Waals surface area contributed by atoms with Crippen molar-refractivity contribution in [3.8, 4) is 0 Å². The van der Waals surface area contributed by atoms with Gasteiger partial charge in [-0.2, -0.15) is 8.78 Å². The molecule has 0 aliphatic rings. The van der Waals surface area contributed by atoms with E-state index in [1.54, 1.807) is 12.1 Å². The molecule has 0 bridgehead atoms. The maximum Gasteiger partial charge on any atom is 0.341 e. The summed E-state index contributed by atoms with van der Waals surface area (Å²) in [7, 11) is -2.62. The number of hydrogen-bond donors (Lipinski definition) is 1. The Kier molecular flexibility index (Phi) is 6.07. The number of halogens is 2. The molecule has 0 amide bonds. The van der Waals surface area contributed by atoms with Gasteiger partial charge in [0, 0.05) is 6.04 Å². The van der Waals surface area contributed by atoms with Gasteiger partial charge in [-0.25, -0.2) is 8.42 Å². The van der Waals surface area contributed by atoms with Gasteiger partial charge in [-0.1, -0.05) is 26.0 Å². The number of benzene rings is 1. The average molecular weight is 305 g/mol. The van der Waals surface area contributed by atoms with Crippen molar-refractivity contribution in [3.63, 3.8) is 0 Å². The van der Waals surface area contributed by atoms with Crippen molar-refractivity contribution >= 4 is 9.84 Å². The smallest absolute Gasteiger partial charge is 0.317 e. The van der Waals surface area contributed by atoms with E-state index in [1.165, 1.54) is 12.1 Å². The predicted octanol–water partition coefficient (Wildman–Crippen LogP) is 2.86. The van der Waals surface area contributed by atoms with Gasteiger partial charge < -0.3 is 5.32 Å². The van der Waals surface area contributed by atoms with Gasteiger partial charge in [0.05, 0.1) is 4.90 Å². The van der Waals surface area contributed by atoms with Gasteiger partial charge in [-0.15, -0.1) is 0 Å². The maximum atomic E-state index is 12.4. The minimum atomic E-state index is -4.50. The summed E-state index contributed by atoms with van der Waals surface area (Å²) >= 11 is 0. The fourth-order valence-corrected chi connectivity index (χ4v) is 2.80. The van der Waals surface area contributed by atoms with Crippen LogP contribution in [0.5, 0.6) is 0 Å². The largest absolute Gasteiger partial charge is 0.341 e. The fourth-order valence-electron chi connectivity index (χ4n) is 2.07. The molecule has 20 heavy (non-hydrogen) atoms. The molecule has 0 saturated heterocycles.